The second-order valence-electron chi connectivity index (χ2n) is 2.08. The molecule has 0 aromatic carbocycles. The summed E-state index contributed by atoms with van der Waals surface area (Å²) in [6.45, 7) is 0. The Hall–Kier alpha value is -0.660. The standard InChI is InChI=1S/C7H8F2/c8-7(9)6-4-2-1-3-5-6/h1-2H,3-5H2. The van der Waals surface area contributed by atoms with E-state index in [0.717, 1.165) is 6.42 Å². The molecule has 0 heterocycles. The summed E-state index contributed by atoms with van der Waals surface area (Å²) in [5.74, 6) is 0. The topological polar surface area (TPSA) is 0 Å². The zero-order valence-corrected chi connectivity index (χ0v) is 5.03. The van der Waals surface area contributed by atoms with Crippen molar-refractivity contribution in [2.75, 3.05) is 0 Å². The molecule has 0 amide bonds. The van der Waals surface area contributed by atoms with Crippen molar-refractivity contribution >= 4 is 0 Å². The highest BCUT2D eigenvalue weighted by Crippen LogP contribution is 2.21. The van der Waals surface area contributed by atoms with E-state index in [1.807, 2.05) is 6.08 Å². The van der Waals surface area contributed by atoms with Gasteiger partial charge in [0.25, 0.3) is 6.08 Å². The minimum Gasteiger partial charge on any atom is -0.173 e. The summed E-state index contributed by atoms with van der Waals surface area (Å²) in [6, 6.07) is 0. The van der Waals surface area contributed by atoms with E-state index in [4.69, 9.17) is 0 Å². The molecule has 0 spiro atoms. The van der Waals surface area contributed by atoms with Gasteiger partial charge in [-0.1, -0.05) is 12.2 Å². The van der Waals surface area contributed by atoms with E-state index in [2.05, 4.69) is 0 Å². The normalized spacial score (nSPS) is 18.2. The third-order valence-corrected chi connectivity index (χ3v) is 1.41. The molecule has 1 aliphatic carbocycles. The largest absolute Gasteiger partial charge is 0.269 e. The minimum absolute atomic E-state index is 0.303. The Morgan fingerprint density at radius 2 is 2.11 bits per heavy atom. The molecule has 0 saturated carbocycles. The van der Waals surface area contributed by atoms with Crippen molar-refractivity contribution in [3.63, 3.8) is 0 Å². The van der Waals surface area contributed by atoms with Crippen LogP contribution in [0.5, 0.6) is 0 Å². The van der Waals surface area contributed by atoms with Crippen LogP contribution in [0.3, 0.4) is 0 Å². The quantitative estimate of drug-likeness (QED) is 0.442. The lowest BCUT2D eigenvalue weighted by atomic mass is 10.0. The van der Waals surface area contributed by atoms with Gasteiger partial charge >= 0.3 is 0 Å². The lowest BCUT2D eigenvalue weighted by molar-refractivity contribution is 0.405. The maximum absolute atomic E-state index is 11.8. The molecule has 1 aliphatic rings. The van der Waals surface area contributed by atoms with Crippen molar-refractivity contribution in [3.05, 3.63) is 23.8 Å². The lowest BCUT2D eigenvalue weighted by Crippen LogP contribution is -1.88. The minimum atomic E-state index is -1.49. The second kappa shape index (κ2) is 2.76. The van der Waals surface area contributed by atoms with Gasteiger partial charge in [0.2, 0.25) is 0 Å². The summed E-state index contributed by atoms with van der Waals surface area (Å²) >= 11 is 0. The number of rotatable bonds is 0. The summed E-state index contributed by atoms with van der Waals surface area (Å²) in [6.07, 6.45) is 4.00. The van der Waals surface area contributed by atoms with Crippen LogP contribution in [0.15, 0.2) is 23.8 Å². The van der Waals surface area contributed by atoms with Crippen LogP contribution >= 0.6 is 0 Å². The Kier molecular flexibility index (Phi) is 1.98. The Labute approximate surface area is 52.9 Å². The molecule has 0 radical (unpaired) electrons. The molecule has 0 saturated heterocycles. The van der Waals surface area contributed by atoms with E-state index in [0.29, 0.717) is 18.4 Å². The van der Waals surface area contributed by atoms with Crippen LogP contribution in [0.25, 0.3) is 0 Å². The fourth-order valence-electron chi connectivity index (χ4n) is 0.875. The first kappa shape index (κ1) is 6.46. The van der Waals surface area contributed by atoms with E-state index in [9.17, 15) is 8.78 Å². The van der Waals surface area contributed by atoms with E-state index in [-0.39, 0.29) is 0 Å². The summed E-state index contributed by atoms with van der Waals surface area (Å²) < 4.78 is 23.5. The first-order valence-corrected chi connectivity index (χ1v) is 2.98. The van der Waals surface area contributed by atoms with Gasteiger partial charge in [0.05, 0.1) is 0 Å². The van der Waals surface area contributed by atoms with Crippen LogP contribution < -0.4 is 0 Å². The molecular weight excluding hydrogens is 122 g/mol. The van der Waals surface area contributed by atoms with Gasteiger partial charge in [-0.2, -0.15) is 8.78 Å². The van der Waals surface area contributed by atoms with Crippen molar-refractivity contribution < 1.29 is 8.78 Å². The van der Waals surface area contributed by atoms with Gasteiger partial charge in [0.15, 0.2) is 0 Å². The van der Waals surface area contributed by atoms with Crippen molar-refractivity contribution in [2.45, 2.75) is 19.3 Å². The van der Waals surface area contributed by atoms with Crippen LogP contribution in [0, 0.1) is 0 Å². The zero-order valence-electron chi connectivity index (χ0n) is 5.03. The van der Waals surface area contributed by atoms with Crippen molar-refractivity contribution in [1.82, 2.24) is 0 Å². The van der Waals surface area contributed by atoms with Crippen LogP contribution in [0.2, 0.25) is 0 Å². The lowest BCUT2D eigenvalue weighted by Gasteiger charge is -2.04. The fraction of sp³-hybridized carbons (Fsp3) is 0.429. The molecule has 2 heteroatoms. The first-order valence-electron chi connectivity index (χ1n) is 2.98. The molecule has 0 bridgehead atoms. The number of halogens is 2. The maximum Gasteiger partial charge on any atom is 0.269 e. The molecule has 9 heavy (non-hydrogen) atoms. The average molecular weight is 130 g/mol. The SMILES string of the molecule is FC(F)=C1CC=CCC1. The first-order chi connectivity index (χ1) is 4.30. The van der Waals surface area contributed by atoms with Gasteiger partial charge in [-0.3, -0.25) is 0 Å². The van der Waals surface area contributed by atoms with Gasteiger partial charge in [-0.05, 0) is 24.8 Å². The summed E-state index contributed by atoms with van der Waals surface area (Å²) in [4.78, 5) is 0. The molecule has 1 rings (SSSR count). The summed E-state index contributed by atoms with van der Waals surface area (Å²) in [7, 11) is 0. The molecule has 0 atom stereocenters. The van der Waals surface area contributed by atoms with E-state index in [1.165, 1.54) is 0 Å². The van der Waals surface area contributed by atoms with Crippen molar-refractivity contribution in [1.29, 1.82) is 0 Å². The van der Waals surface area contributed by atoms with Gasteiger partial charge in [-0.25, -0.2) is 0 Å². The van der Waals surface area contributed by atoms with Crippen molar-refractivity contribution in [2.24, 2.45) is 0 Å². The van der Waals surface area contributed by atoms with Crippen LogP contribution in [-0.2, 0) is 0 Å². The Morgan fingerprint density at radius 3 is 2.44 bits per heavy atom. The maximum atomic E-state index is 11.8. The number of hydrogen-bond donors (Lipinski definition) is 0. The molecule has 50 valence electrons. The van der Waals surface area contributed by atoms with Gasteiger partial charge in [0, 0.05) is 0 Å². The Balaban J connectivity index is 2.64. The molecular formula is C7H8F2. The monoisotopic (exact) mass is 130 g/mol. The third kappa shape index (κ3) is 1.63. The zero-order chi connectivity index (χ0) is 6.69. The molecule has 0 nitrogen and oxygen atoms in total. The van der Waals surface area contributed by atoms with Gasteiger partial charge < -0.3 is 0 Å². The van der Waals surface area contributed by atoms with Crippen LogP contribution in [-0.4, -0.2) is 0 Å². The molecule has 0 aromatic heterocycles. The predicted molar refractivity (Wildman–Crippen MR) is 32.2 cm³/mol. The Morgan fingerprint density at radius 1 is 1.33 bits per heavy atom. The molecule has 0 fully saturated rings. The molecule has 0 N–H and O–H groups in total. The van der Waals surface area contributed by atoms with Crippen LogP contribution in [0.1, 0.15) is 19.3 Å². The van der Waals surface area contributed by atoms with Crippen molar-refractivity contribution in [3.8, 4) is 0 Å². The highest BCUT2D eigenvalue weighted by Gasteiger charge is 2.05. The number of allylic oxidation sites excluding steroid dienone is 3. The highest BCUT2D eigenvalue weighted by molar-refractivity contribution is 5.12. The van der Waals surface area contributed by atoms with E-state index >= 15 is 0 Å². The second-order valence-corrected chi connectivity index (χ2v) is 2.08. The summed E-state index contributed by atoms with van der Waals surface area (Å²) in [5, 5.41) is 0. The molecule has 0 aliphatic heterocycles. The van der Waals surface area contributed by atoms with Gasteiger partial charge in [0.1, 0.15) is 0 Å². The van der Waals surface area contributed by atoms with Crippen LogP contribution in [0.4, 0.5) is 8.78 Å². The van der Waals surface area contributed by atoms with Gasteiger partial charge in [-0.15, -0.1) is 0 Å². The van der Waals surface area contributed by atoms with E-state index in [1.54, 1.807) is 6.08 Å². The van der Waals surface area contributed by atoms with E-state index < -0.39 is 6.08 Å². The Bertz CT molecular complexity index is 152. The summed E-state index contributed by atoms with van der Waals surface area (Å²) in [5.41, 5.74) is 0.303. The fourth-order valence-corrected chi connectivity index (χ4v) is 0.875. The molecule has 0 unspecified atom stereocenters. The number of hydrogen-bond acceptors (Lipinski definition) is 0. The predicted octanol–water partition coefficient (Wildman–Crippen LogP) is 2.88. The highest BCUT2D eigenvalue weighted by atomic mass is 19.3. The molecule has 0 aromatic rings. The smallest absolute Gasteiger partial charge is 0.173 e. The average Bonchev–Trinajstić information content (AvgIpc) is 1.90. The third-order valence-electron chi connectivity index (χ3n) is 1.41.